The molecule has 2 aromatic carbocycles. The first-order valence-corrected chi connectivity index (χ1v) is 8.54. The second kappa shape index (κ2) is 6.02. The number of nitrogens with two attached hydrogens (primary N) is 1. The quantitative estimate of drug-likeness (QED) is 0.940. The molecule has 3 aliphatic rings. The van der Waals surface area contributed by atoms with E-state index in [0.29, 0.717) is 11.5 Å². The topological polar surface area (TPSA) is 46.3 Å². The molecular weight excluding hydrogens is 303 g/mol. The molecule has 3 fully saturated rings. The van der Waals surface area contributed by atoms with E-state index in [2.05, 4.69) is 4.90 Å². The maximum absolute atomic E-state index is 15.0. The summed E-state index contributed by atoms with van der Waals surface area (Å²) in [5.74, 6) is -0.487. The number of primary amides is 1. The van der Waals surface area contributed by atoms with Gasteiger partial charge in [-0.05, 0) is 60.7 Å². The maximum atomic E-state index is 15.0. The van der Waals surface area contributed by atoms with Crippen molar-refractivity contribution in [3.63, 3.8) is 0 Å². The highest BCUT2D eigenvalue weighted by Gasteiger charge is 2.37. The molecule has 0 spiro atoms. The molecule has 3 saturated heterocycles. The number of amides is 1. The first-order valence-electron chi connectivity index (χ1n) is 8.54. The van der Waals surface area contributed by atoms with E-state index in [1.807, 2.05) is 36.4 Å². The van der Waals surface area contributed by atoms with Gasteiger partial charge in [-0.25, -0.2) is 4.39 Å². The number of nitrogens with zero attached hydrogens (tertiary/aromatic N) is 1. The van der Waals surface area contributed by atoms with E-state index in [0.717, 1.165) is 43.6 Å². The Kier molecular flexibility index (Phi) is 3.85. The lowest BCUT2D eigenvalue weighted by molar-refractivity contribution is 0.0853. The predicted molar refractivity (Wildman–Crippen MR) is 92.3 cm³/mol. The molecule has 0 aliphatic carbocycles. The number of carbonyl (C=O) groups excluding carboxylic acids is 1. The average Bonchev–Trinajstić information content (AvgIpc) is 2.63. The van der Waals surface area contributed by atoms with Crippen LogP contribution < -0.4 is 5.73 Å². The Morgan fingerprint density at radius 3 is 2.38 bits per heavy atom. The Morgan fingerprint density at radius 2 is 1.79 bits per heavy atom. The first-order chi connectivity index (χ1) is 11.6. The minimum absolute atomic E-state index is 0.00259. The third-order valence-electron chi connectivity index (χ3n) is 5.53. The minimum Gasteiger partial charge on any atom is -0.366 e. The Bertz CT molecular complexity index is 767. The average molecular weight is 324 g/mol. The van der Waals surface area contributed by atoms with Crippen molar-refractivity contribution < 1.29 is 9.18 Å². The number of carbonyl (C=O) groups is 1. The van der Waals surface area contributed by atoms with Crippen LogP contribution in [0, 0.1) is 11.7 Å². The van der Waals surface area contributed by atoms with Gasteiger partial charge in [-0.2, -0.15) is 0 Å². The van der Waals surface area contributed by atoms with Crippen molar-refractivity contribution in [3.05, 3.63) is 59.4 Å². The van der Waals surface area contributed by atoms with Crippen LogP contribution in [0.1, 0.15) is 34.7 Å². The Morgan fingerprint density at radius 1 is 1.08 bits per heavy atom. The van der Waals surface area contributed by atoms with E-state index in [4.69, 9.17) is 5.73 Å². The van der Waals surface area contributed by atoms with Gasteiger partial charge in [-0.3, -0.25) is 4.79 Å². The minimum atomic E-state index is -0.701. The molecule has 124 valence electrons. The third kappa shape index (κ3) is 2.61. The molecule has 0 unspecified atom stereocenters. The van der Waals surface area contributed by atoms with E-state index < -0.39 is 11.7 Å². The zero-order valence-corrected chi connectivity index (χ0v) is 13.5. The van der Waals surface area contributed by atoms with Crippen LogP contribution in [-0.4, -0.2) is 30.4 Å². The Labute approximate surface area is 141 Å². The molecule has 2 aromatic rings. The zero-order valence-electron chi connectivity index (χ0n) is 13.5. The van der Waals surface area contributed by atoms with Crippen molar-refractivity contribution in [1.29, 1.82) is 0 Å². The molecule has 2 bridgehead atoms. The van der Waals surface area contributed by atoms with Gasteiger partial charge in [0.25, 0.3) is 5.91 Å². The van der Waals surface area contributed by atoms with Gasteiger partial charge in [-0.15, -0.1) is 0 Å². The number of benzene rings is 2. The molecule has 2 N–H and O–H groups in total. The molecule has 0 radical (unpaired) electrons. The third-order valence-corrected chi connectivity index (χ3v) is 5.53. The van der Waals surface area contributed by atoms with Gasteiger partial charge in [-0.1, -0.05) is 30.3 Å². The standard InChI is InChI=1S/C20H21FN2O/c21-19-16(18-12-23-8-6-14(18)7-9-23)10-15(11-17(19)20(22)24)13-4-2-1-3-5-13/h1-5,10-11,14,18H,6-9,12H2,(H2,22,24)/t18-/m1/s1. The van der Waals surface area contributed by atoms with Gasteiger partial charge in [0, 0.05) is 12.5 Å². The van der Waals surface area contributed by atoms with Crippen LogP contribution >= 0.6 is 0 Å². The van der Waals surface area contributed by atoms with Crippen LogP contribution in [0.5, 0.6) is 0 Å². The van der Waals surface area contributed by atoms with E-state index in [1.54, 1.807) is 6.07 Å². The van der Waals surface area contributed by atoms with Crippen LogP contribution in [-0.2, 0) is 0 Å². The van der Waals surface area contributed by atoms with E-state index in [9.17, 15) is 4.79 Å². The molecule has 1 atom stereocenters. The fraction of sp³-hybridized carbons (Fsp3) is 0.350. The van der Waals surface area contributed by atoms with Crippen molar-refractivity contribution in [2.75, 3.05) is 19.6 Å². The van der Waals surface area contributed by atoms with Gasteiger partial charge >= 0.3 is 0 Å². The number of halogens is 1. The van der Waals surface area contributed by atoms with Crippen molar-refractivity contribution in [3.8, 4) is 11.1 Å². The number of fused-ring (bicyclic) bond motifs is 3. The lowest BCUT2D eigenvalue weighted by Crippen LogP contribution is -2.46. The summed E-state index contributed by atoms with van der Waals surface area (Å²) in [4.78, 5) is 14.2. The molecule has 24 heavy (non-hydrogen) atoms. The number of rotatable bonds is 3. The van der Waals surface area contributed by atoms with Crippen molar-refractivity contribution in [1.82, 2.24) is 4.90 Å². The van der Waals surface area contributed by atoms with Crippen molar-refractivity contribution >= 4 is 5.91 Å². The van der Waals surface area contributed by atoms with Gasteiger partial charge < -0.3 is 10.6 Å². The molecule has 5 rings (SSSR count). The van der Waals surface area contributed by atoms with Gasteiger partial charge in [0.05, 0.1) is 5.56 Å². The predicted octanol–water partition coefficient (Wildman–Crippen LogP) is 3.40. The summed E-state index contributed by atoms with van der Waals surface area (Å²) in [6.07, 6.45) is 2.21. The van der Waals surface area contributed by atoms with Crippen LogP contribution in [0.15, 0.2) is 42.5 Å². The lowest BCUT2D eigenvalue weighted by atomic mass is 9.74. The lowest BCUT2D eigenvalue weighted by Gasteiger charge is -2.45. The Balaban J connectivity index is 1.83. The summed E-state index contributed by atoms with van der Waals surface area (Å²) in [6, 6.07) is 13.3. The summed E-state index contributed by atoms with van der Waals surface area (Å²) in [5.41, 5.74) is 7.93. The molecule has 3 heterocycles. The summed E-state index contributed by atoms with van der Waals surface area (Å²) in [5, 5.41) is 0. The number of hydrogen-bond donors (Lipinski definition) is 1. The highest BCUT2D eigenvalue weighted by Crippen LogP contribution is 2.41. The van der Waals surface area contributed by atoms with Gasteiger partial charge in [0.2, 0.25) is 0 Å². The molecule has 0 saturated carbocycles. The largest absolute Gasteiger partial charge is 0.366 e. The molecule has 1 amide bonds. The van der Waals surface area contributed by atoms with Gasteiger partial charge in [0.1, 0.15) is 5.82 Å². The van der Waals surface area contributed by atoms with Crippen LogP contribution in [0.3, 0.4) is 0 Å². The van der Waals surface area contributed by atoms with Gasteiger partial charge in [0.15, 0.2) is 0 Å². The summed E-state index contributed by atoms with van der Waals surface area (Å²) in [7, 11) is 0. The first kappa shape index (κ1) is 15.3. The summed E-state index contributed by atoms with van der Waals surface area (Å²) < 4.78 is 15.0. The highest BCUT2D eigenvalue weighted by molar-refractivity contribution is 5.94. The molecule has 3 aliphatic heterocycles. The smallest absolute Gasteiger partial charge is 0.251 e. The molecule has 3 nitrogen and oxygen atoms in total. The van der Waals surface area contributed by atoms with E-state index in [1.165, 1.54) is 0 Å². The Hall–Kier alpha value is -2.20. The normalized spacial score (nSPS) is 25.6. The van der Waals surface area contributed by atoms with Crippen LogP contribution in [0.4, 0.5) is 4.39 Å². The SMILES string of the molecule is NC(=O)c1cc(-c2ccccc2)cc([C@@H]2CN3CCC2CC3)c1F. The number of hydrogen-bond acceptors (Lipinski definition) is 2. The van der Waals surface area contributed by atoms with Crippen LogP contribution in [0.2, 0.25) is 0 Å². The second-order valence-corrected chi connectivity index (χ2v) is 6.90. The van der Waals surface area contributed by atoms with Crippen molar-refractivity contribution in [2.45, 2.75) is 18.8 Å². The zero-order chi connectivity index (χ0) is 16.7. The highest BCUT2D eigenvalue weighted by atomic mass is 19.1. The molecule has 4 heteroatoms. The molecule has 0 aromatic heterocycles. The monoisotopic (exact) mass is 324 g/mol. The van der Waals surface area contributed by atoms with Crippen LogP contribution in [0.25, 0.3) is 11.1 Å². The van der Waals surface area contributed by atoms with E-state index >= 15 is 4.39 Å². The fourth-order valence-corrected chi connectivity index (χ4v) is 4.21. The fourth-order valence-electron chi connectivity index (χ4n) is 4.21. The second-order valence-electron chi connectivity index (χ2n) is 6.90. The maximum Gasteiger partial charge on any atom is 0.251 e. The summed E-state index contributed by atoms with van der Waals surface area (Å²) >= 11 is 0. The van der Waals surface area contributed by atoms with E-state index in [-0.39, 0.29) is 11.5 Å². The summed E-state index contributed by atoms with van der Waals surface area (Å²) in [6.45, 7) is 3.08. The number of piperidine rings is 3. The molecular formula is C20H21FN2O. The van der Waals surface area contributed by atoms with Crippen molar-refractivity contribution in [2.24, 2.45) is 11.7 Å².